The Morgan fingerprint density at radius 1 is 1.19 bits per heavy atom. The molecule has 1 aromatic carbocycles. The second kappa shape index (κ2) is 10.2. The maximum atomic E-state index is 12.4. The Bertz CT molecular complexity index is 640. The zero-order chi connectivity index (χ0) is 18.5. The number of aliphatic imine (C=N–C) groups is 1. The van der Waals surface area contributed by atoms with Gasteiger partial charge in [-0.05, 0) is 26.2 Å². The van der Waals surface area contributed by atoms with Gasteiger partial charge >= 0.3 is 0 Å². The number of anilines is 1. The lowest BCUT2D eigenvalue weighted by Gasteiger charge is -2.38. The summed E-state index contributed by atoms with van der Waals surface area (Å²) in [6.45, 7) is 4.74. The van der Waals surface area contributed by atoms with Crippen LogP contribution in [0.4, 0.5) is 5.69 Å². The van der Waals surface area contributed by atoms with Gasteiger partial charge in [-0.1, -0.05) is 18.2 Å². The maximum Gasteiger partial charge on any atom is 0.229 e. The van der Waals surface area contributed by atoms with Crippen molar-refractivity contribution in [3.8, 4) is 0 Å². The summed E-state index contributed by atoms with van der Waals surface area (Å²) in [6, 6.07) is 10.4. The normalized spacial score (nSPS) is 24.6. The number of likely N-dealkylation sites (N-methyl/N-ethyl adjacent to an activating group) is 2. The van der Waals surface area contributed by atoms with Crippen molar-refractivity contribution < 1.29 is 4.79 Å². The molecule has 0 saturated carbocycles. The molecule has 2 saturated heterocycles. The Balaban J connectivity index is 0.00000261. The van der Waals surface area contributed by atoms with Crippen molar-refractivity contribution in [3.63, 3.8) is 0 Å². The highest BCUT2D eigenvalue weighted by Gasteiger charge is 2.31. The second-order valence-corrected chi connectivity index (χ2v) is 7.24. The van der Waals surface area contributed by atoms with Gasteiger partial charge in [-0.3, -0.25) is 14.7 Å². The molecule has 0 aromatic heterocycles. The molecule has 2 N–H and O–H groups in total. The van der Waals surface area contributed by atoms with Gasteiger partial charge in [0.15, 0.2) is 5.96 Å². The van der Waals surface area contributed by atoms with Gasteiger partial charge in [-0.15, -0.1) is 24.0 Å². The van der Waals surface area contributed by atoms with Gasteiger partial charge < -0.3 is 20.4 Å². The highest BCUT2D eigenvalue weighted by atomic mass is 127. The molecule has 2 atom stereocenters. The van der Waals surface area contributed by atoms with Crippen molar-refractivity contribution in [2.24, 2.45) is 4.99 Å². The predicted molar refractivity (Wildman–Crippen MR) is 121 cm³/mol. The van der Waals surface area contributed by atoms with E-state index in [1.807, 2.05) is 35.2 Å². The molecule has 0 spiro atoms. The third-order valence-corrected chi connectivity index (χ3v) is 5.24. The van der Waals surface area contributed by atoms with E-state index in [-0.39, 0.29) is 35.9 Å². The number of piperazine rings is 1. The molecule has 27 heavy (non-hydrogen) atoms. The number of guanidine groups is 1. The fraction of sp³-hybridized carbons (Fsp3) is 0.579. The lowest BCUT2D eigenvalue weighted by Crippen LogP contribution is -2.56. The van der Waals surface area contributed by atoms with Gasteiger partial charge in [0.1, 0.15) is 0 Å². The summed E-state index contributed by atoms with van der Waals surface area (Å²) < 4.78 is 0. The smallest absolute Gasteiger partial charge is 0.229 e. The molecule has 2 fully saturated rings. The molecule has 1 amide bonds. The summed E-state index contributed by atoms with van der Waals surface area (Å²) in [5.74, 6) is 0.914. The first-order chi connectivity index (χ1) is 12.6. The molecule has 7 nitrogen and oxygen atoms in total. The van der Waals surface area contributed by atoms with Crippen LogP contribution in [-0.4, -0.2) is 87.6 Å². The highest BCUT2D eigenvalue weighted by Crippen LogP contribution is 2.20. The largest absolute Gasteiger partial charge is 0.355 e. The summed E-state index contributed by atoms with van der Waals surface area (Å²) in [7, 11) is 6.11. The minimum atomic E-state index is 0. The Labute approximate surface area is 179 Å². The lowest BCUT2D eigenvalue weighted by molar-refractivity contribution is -0.117. The van der Waals surface area contributed by atoms with Crippen LogP contribution in [0.2, 0.25) is 0 Å². The Hall–Kier alpha value is -1.39. The number of halogens is 1. The molecule has 2 heterocycles. The topological polar surface area (TPSA) is 63.2 Å². The van der Waals surface area contributed by atoms with E-state index in [0.29, 0.717) is 19.0 Å². The molecule has 8 heteroatoms. The van der Waals surface area contributed by atoms with Gasteiger partial charge in [-0.2, -0.15) is 0 Å². The molecular formula is C19H31IN6O. The summed E-state index contributed by atoms with van der Waals surface area (Å²) >= 11 is 0. The molecule has 3 rings (SSSR count). The Morgan fingerprint density at radius 3 is 2.63 bits per heavy atom. The zero-order valence-corrected chi connectivity index (χ0v) is 18.7. The van der Waals surface area contributed by atoms with Crippen LogP contribution >= 0.6 is 24.0 Å². The van der Waals surface area contributed by atoms with E-state index in [9.17, 15) is 4.79 Å². The third-order valence-electron chi connectivity index (χ3n) is 5.24. The monoisotopic (exact) mass is 486 g/mol. The van der Waals surface area contributed by atoms with Crippen LogP contribution in [0.5, 0.6) is 0 Å². The molecular weight excluding hydrogens is 455 g/mol. The minimum absolute atomic E-state index is 0. The van der Waals surface area contributed by atoms with Gasteiger partial charge in [0.05, 0.1) is 6.04 Å². The third kappa shape index (κ3) is 5.79. The number of para-hydroxylation sites is 1. The van der Waals surface area contributed by atoms with Gasteiger partial charge in [0.25, 0.3) is 0 Å². The number of nitrogens with zero attached hydrogens (tertiary/aromatic N) is 4. The number of nitrogens with one attached hydrogen (secondary N) is 2. The van der Waals surface area contributed by atoms with Gasteiger partial charge in [0, 0.05) is 57.9 Å². The van der Waals surface area contributed by atoms with E-state index in [2.05, 4.69) is 39.5 Å². The predicted octanol–water partition coefficient (Wildman–Crippen LogP) is 0.821. The average molecular weight is 486 g/mol. The van der Waals surface area contributed by atoms with E-state index in [4.69, 9.17) is 0 Å². The van der Waals surface area contributed by atoms with E-state index in [0.717, 1.165) is 37.8 Å². The number of carbonyl (C=O) groups excluding carboxylic acids is 1. The van der Waals surface area contributed by atoms with E-state index >= 15 is 0 Å². The number of carbonyl (C=O) groups is 1. The summed E-state index contributed by atoms with van der Waals surface area (Å²) in [5, 5.41) is 6.83. The number of hydrogen-bond donors (Lipinski definition) is 2. The van der Waals surface area contributed by atoms with Crippen molar-refractivity contribution >= 4 is 41.5 Å². The highest BCUT2D eigenvalue weighted by molar-refractivity contribution is 14.0. The number of hydrogen-bond acceptors (Lipinski definition) is 4. The van der Waals surface area contributed by atoms with Crippen molar-refractivity contribution in [3.05, 3.63) is 30.3 Å². The molecule has 2 aliphatic heterocycles. The molecule has 1 aromatic rings. The second-order valence-electron chi connectivity index (χ2n) is 7.24. The van der Waals surface area contributed by atoms with Gasteiger partial charge in [0.2, 0.25) is 5.91 Å². The van der Waals surface area contributed by atoms with Crippen molar-refractivity contribution in [2.75, 3.05) is 58.8 Å². The standard InChI is InChI=1S/C19H30N6O.HI/c1-20-19(21-12-17-14-23(2)9-10-24(17)3)22-15-11-18(26)25(13-15)16-7-5-4-6-8-16;/h4-8,15,17H,9-14H2,1-3H3,(H2,20,21,22);1H. The SMILES string of the molecule is CN=C(NCC1CN(C)CCN1C)NC1CC(=O)N(c2ccccc2)C1.I. The summed E-state index contributed by atoms with van der Waals surface area (Å²) in [4.78, 5) is 23.3. The molecule has 0 radical (unpaired) electrons. The fourth-order valence-corrected chi connectivity index (χ4v) is 3.59. The maximum absolute atomic E-state index is 12.4. The first kappa shape index (κ1) is 21.9. The Morgan fingerprint density at radius 2 is 1.93 bits per heavy atom. The Kier molecular flexibility index (Phi) is 8.30. The minimum Gasteiger partial charge on any atom is -0.355 e. The zero-order valence-electron chi connectivity index (χ0n) is 16.4. The van der Waals surface area contributed by atoms with Crippen LogP contribution in [0.3, 0.4) is 0 Å². The fourth-order valence-electron chi connectivity index (χ4n) is 3.59. The lowest BCUT2D eigenvalue weighted by atomic mass is 10.2. The van der Waals surface area contributed by atoms with Crippen molar-refractivity contribution in [1.29, 1.82) is 0 Å². The number of benzene rings is 1. The summed E-state index contributed by atoms with van der Waals surface area (Å²) in [6.07, 6.45) is 0.488. The first-order valence-corrected chi connectivity index (χ1v) is 9.28. The van der Waals surface area contributed by atoms with Crippen LogP contribution < -0.4 is 15.5 Å². The van der Waals surface area contributed by atoms with E-state index < -0.39 is 0 Å². The van der Waals surface area contributed by atoms with Crippen LogP contribution in [0.15, 0.2) is 35.3 Å². The summed E-state index contributed by atoms with van der Waals surface area (Å²) in [5.41, 5.74) is 0.955. The molecule has 2 unspecified atom stereocenters. The molecule has 0 aliphatic carbocycles. The van der Waals surface area contributed by atoms with Gasteiger partial charge in [-0.25, -0.2) is 0 Å². The molecule has 0 bridgehead atoms. The van der Waals surface area contributed by atoms with Crippen LogP contribution in [-0.2, 0) is 4.79 Å². The van der Waals surface area contributed by atoms with Crippen LogP contribution in [0, 0.1) is 0 Å². The molecule has 2 aliphatic rings. The van der Waals surface area contributed by atoms with Crippen molar-refractivity contribution in [2.45, 2.75) is 18.5 Å². The number of amides is 1. The van der Waals surface area contributed by atoms with Crippen LogP contribution in [0.1, 0.15) is 6.42 Å². The molecule has 150 valence electrons. The van der Waals surface area contributed by atoms with Crippen molar-refractivity contribution in [1.82, 2.24) is 20.4 Å². The quantitative estimate of drug-likeness (QED) is 0.375. The first-order valence-electron chi connectivity index (χ1n) is 9.28. The van der Waals surface area contributed by atoms with E-state index in [1.165, 1.54) is 0 Å². The number of rotatable bonds is 4. The van der Waals surface area contributed by atoms with Crippen LogP contribution in [0.25, 0.3) is 0 Å². The van der Waals surface area contributed by atoms with E-state index in [1.54, 1.807) is 7.05 Å². The average Bonchev–Trinajstić information content (AvgIpc) is 3.02.